The standard InChI is InChI=1S/C12H13N3O2/c1-7-4-5-8(2)9(6-7)11-13-10(12(16)17)14-15(11)3/h4-6H,1-3H3,(H,16,17). The van der Waals surface area contributed by atoms with Gasteiger partial charge in [0.05, 0.1) is 0 Å². The maximum atomic E-state index is 10.8. The minimum absolute atomic E-state index is 0.177. The minimum Gasteiger partial charge on any atom is -0.475 e. The number of carbonyl (C=O) groups is 1. The molecule has 1 N–H and O–H groups in total. The van der Waals surface area contributed by atoms with Gasteiger partial charge in [0.15, 0.2) is 5.82 Å². The molecule has 0 amide bonds. The number of benzene rings is 1. The van der Waals surface area contributed by atoms with E-state index in [4.69, 9.17) is 5.11 Å². The fraction of sp³-hybridized carbons (Fsp3) is 0.250. The molecule has 5 nitrogen and oxygen atoms in total. The maximum absolute atomic E-state index is 10.8. The fourth-order valence-electron chi connectivity index (χ4n) is 1.69. The second-order valence-corrected chi connectivity index (χ2v) is 4.01. The van der Waals surface area contributed by atoms with E-state index in [1.54, 1.807) is 7.05 Å². The van der Waals surface area contributed by atoms with Crippen molar-refractivity contribution in [1.82, 2.24) is 14.8 Å². The van der Waals surface area contributed by atoms with Crippen molar-refractivity contribution in [1.29, 1.82) is 0 Å². The molecule has 2 aromatic rings. The van der Waals surface area contributed by atoms with Crippen molar-refractivity contribution < 1.29 is 9.90 Å². The lowest BCUT2D eigenvalue weighted by Crippen LogP contribution is -2.00. The molecule has 88 valence electrons. The monoisotopic (exact) mass is 231 g/mol. The average molecular weight is 231 g/mol. The SMILES string of the molecule is Cc1ccc(C)c(-c2nc(C(=O)O)nn2C)c1. The topological polar surface area (TPSA) is 68.0 Å². The second kappa shape index (κ2) is 4.01. The first-order valence-electron chi connectivity index (χ1n) is 5.21. The molecule has 0 unspecified atom stereocenters. The van der Waals surface area contributed by atoms with E-state index in [0.717, 1.165) is 16.7 Å². The summed E-state index contributed by atoms with van der Waals surface area (Å²) in [5.41, 5.74) is 3.06. The summed E-state index contributed by atoms with van der Waals surface area (Å²) in [7, 11) is 1.69. The van der Waals surface area contributed by atoms with Crippen LogP contribution in [0.1, 0.15) is 21.7 Å². The largest absolute Gasteiger partial charge is 0.475 e. The highest BCUT2D eigenvalue weighted by molar-refractivity contribution is 5.83. The first-order valence-corrected chi connectivity index (χ1v) is 5.21. The van der Waals surface area contributed by atoms with Gasteiger partial charge in [-0.3, -0.25) is 0 Å². The Kier molecular flexibility index (Phi) is 2.67. The lowest BCUT2D eigenvalue weighted by atomic mass is 10.1. The number of rotatable bonds is 2. The Bertz CT molecular complexity index is 587. The van der Waals surface area contributed by atoms with E-state index in [2.05, 4.69) is 10.1 Å². The van der Waals surface area contributed by atoms with Crippen molar-refractivity contribution in [3.63, 3.8) is 0 Å². The van der Waals surface area contributed by atoms with E-state index < -0.39 is 5.97 Å². The molecular formula is C12H13N3O2. The third-order valence-corrected chi connectivity index (χ3v) is 2.59. The number of carboxylic acid groups (broad SMARTS) is 1. The highest BCUT2D eigenvalue weighted by atomic mass is 16.4. The lowest BCUT2D eigenvalue weighted by molar-refractivity contribution is 0.0683. The normalized spacial score (nSPS) is 10.5. The van der Waals surface area contributed by atoms with Crippen LogP contribution in [0.5, 0.6) is 0 Å². The number of carboxylic acids is 1. The van der Waals surface area contributed by atoms with E-state index >= 15 is 0 Å². The van der Waals surface area contributed by atoms with Crippen molar-refractivity contribution in [3.8, 4) is 11.4 Å². The Hall–Kier alpha value is -2.17. The highest BCUT2D eigenvalue weighted by Gasteiger charge is 2.15. The molecule has 0 saturated heterocycles. The van der Waals surface area contributed by atoms with Gasteiger partial charge in [-0.1, -0.05) is 17.7 Å². The molecule has 0 aliphatic carbocycles. The van der Waals surface area contributed by atoms with Crippen molar-refractivity contribution in [2.24, 2.45) is 7.05 Å². The van der Waals surface area contributed by atoms with E-state index in [1.807, 2.05) is 32.0 Å². The molecule has 0 spiro atoms. The molecule has 0 fully saturated rings. The summed E-state index contributed by atoms with van der Waals surface area (Å²) < 4.78 is 1.49. The number of hydrogen-bond donors (Lipinski definition) is 1. The second-order valence-electron chi connectivity index (χ2n) is 4.01. The van der Waals surface area contributed by atoms with E-state index in [1.165, 1.54) is 4.68 Å². The van der Waals surface area contributed by atoms with Gasteiger partial charge < -0.3 is 5.11 Å². The molecule has 17 heavy (non-hydrogen) atoms. The predicted octanol–water partition coefficient (Wildman–Crippen LogP) is 1.80. The summed E-state index contributed by atoms with van der Waals surface area (Å²) in [5.74, 6) is -0.718. The number of aromatic nitrogens is 3. The van der Waals surface area contributed by atoms with Gasteiger partial charge in [-0.05, 0) is 25.5 Å². The maximum Gasteiger partial charge on any atom is 0.375 e. The summed E-state index contributed by atoms with van der Waals surface area (Å²) >= 11 is 0. The average Bonchev–Trinajstić information content (AvgIpc) is 2.64. The molecule has 1 aromatic heterocycles. The Balaban J connectivity index is 2.60. The summed E-state index contributed by atoms with van der Waals surface area (Å²) in [6.45, 7) is 3.95. The first-order chi connectivity index (χ1) is 7.99. The van der Waals surface area contributed by atoms with Crippen LogP contribution in [-0.4, -0.2) is 25.8 Å². The van der Waals surface area contributed by atoms with E-state index in [-0.39, 0.29) is 5.82 Å². The summed E-state index contributed by atoms with van der Waals surface area (Å²) in [6, 6.07) is 5.97. The number of nitrogens with zero attached hydrogens (tertiary/aromatic N) is 3. The smallest absolute Gasteiger partial charge is 0.375 e. The Morgan fingerprint density at radius 3 is 2.65 bits per heavy atom. The predicted molar refractivity (Wildman–Crippen MR) is 62.9 cm³/mol. The Labute approximate surface area is 98.7 Å². The third-order valence-electron chi connectivity index (χ3n) is 2.59. The zero-order chi connectivity index (χ0) is 12.6. The number of aryl methyl sites for hydroxylation is 3. The van der Waals surface area contributed by atoms with Gasteiger partial charge in [-0.15, -0.1) is 5.10 Å². The van der Waals surface area contributed by atoms with Crippen LogP contribution < -0.4 is 0 Å². The molecule has 0 atom stereocenters. The van der Waals surface area contributed by atoms with Crippen LogP contribution in [0.3, 0.4) is 0 Å². The van der Waals surface area contributed by atoms with Gasteiger partial charge in [0.25, 0.3) is 5.82 Å². The van der Waals surface area contributed by atoms with Crippen molar-refractivity contribution in [3.05, 3.63) is 35.2 Å². The lowest BCUT2D eigenvalue weighted by Gasteiger charge is -2.05. The third kappa shape index (κ3) is 2.04. The zero-order valence-corrected chi connectivity index (χ0v) is 9.93. The summed E-state index contributed by atoms with van der Waals surface area (Å²) in [6.07, 6.45) is 0. The molecule has 0 radical (unpaired) electrons. The molecule has 1 heterocycles. The first kappa shape index (κ1) is 11.3. The molecule has 0 aliphatic rings. The van der Waals surface area contributed by atoms with Crippen molar-refractivity contribution in [2.45, 2.75) is 13.8 Å². The Morgan fingerprint density at radius 1 is 1.35 bits per heavy atom. The molecule has 2 rings (SSSR count). The van der Waals surface area contributed by atoms with Crippen LogP contribution in [-0.2, 0) is 7.05 Å². The molecule has 0 bridgehead atoms. The van der Waals surface area contributed by atoms with Gasteiger partial charge >= 0.3 is 5.97 Å². The van der Waals surface area contributed by atoms with Crippen LogP contribution >= 0.6 is 0 Å². The van der Waals surface area contributed by atoms with Crippen molar-refractivity contribution >= 4 is 5.97 Å². The van der Waals surface area contributed by atoms with Gasteiger partial charge in [-0.25, -0.2) is 14.5 Å². The van der Waals surface area contributed by atoms with Crippen molar-refractivity contribution in [2.75, 3.05) is 0 Å². The highest BCUT2D eigenvalue weighted by Crippen LogP contribution is 2.22. The van der Waals surface area contributed by atoms with Gasteiger partial charge in [0.2, 0.25) is 0 Å². The molecular weight excluding hydrogens is 218 g/mol. The van der Waals surface area contributed by atoms with E-state index in [9.17, 15) is 4.79 Å². The van der Waals surface area contributed by atoms with Gasteiger partial charge in [0, 0.05) is 12.6 Å². The van der Waals surface area contributed by atoms with E-state index in [0.29, 0.717) is 5.82 Å². The quantitative estimate of drug-likeness (QED) is 0.855. The molecule has 0 aliphatic heterocycles. The minimum atomic E-state index is -1.11. The molecule has 5 heteroatoms. The van der Waals surface area contributed by atoms with Gasteiger partial charge in [-0.2, -0.15) is 0 Å². The van der Waals surface area contributed by atoms with Crippen LogP contribution in [0.15, 0.2) is 18.2 Å². The summed E-state index contributed by atoms with van der Waals surface area (Å²) in [5, 5.41) is 12.7. The van der Waals surface area contributed by atoms with Crippen LogP contribution in [0, 0.1) is 13.8 Å². The molecule has 0 saturated carbocycles. The summed E-state index contributed by atoms with van der Waals surface area (Å²) in [4.78, 5) is 14.8. The number of hydrogen-bond acceptors (Lipinski definition) is 3. The van der Waals surface area contributed by atoms with Crippen LogP contribution in [0.25, 0.3) is 11.4 Å². The number of aromatic carboxylic acids is 1. The van der Waals surface area contributed by atoms with Crippen LogP contribution in [0.2, 0.25) is 0 Å². The molecule has 1 aromatic carbocycles. The van der Waals surface area contributed by atoms with Gasteiger partial charge in [0.1, 0.15) is 0 Å². The zero-order valence-electron chi connectivity index (χ0n) is 9.93. The fourth-order valence-corrected chi connectivity index (χ4v) is 1.69. The van der Waals surface area contributed by atoms with Crippen LogP contribution in [0.4, 0.5) is 0 Å². The Morgan fingerprint density at radius 2 is 2.06 bits per heavy atom.